The molecule has 1 N–H and O–H groups in total. The van der Waals surface area contributed by atoms with Crippen molar-refractivity contribution in [2.45, 2.75) is 18.0 Å². The molecule has 1 amide bonds. The monoisotopic (exact) mass is 336 g/mol. The summed E-state index contributed by atoms with van der Waals surface area (Å²) in [5, 5.41) is 12.7. The lowest BCUT2D eigenvalue weighted by molar-refractivity contribution is -0.118. The molecule has 5 nitrogen and oxygen atoms in total. The second-order valence-corrected chi connectivity index (χ2v) is 6.79. The third-order valence-electron chi connectivity index (χ3n) is 3.55. The number of nitrogens with zero attached hydrogens (tertiary/aromatic N) is 3. The maximum Gasteiger partial charge on any atom is 0.230 e. The number of amides is 1. The number of carbonyl (C=O) groups excluding carboxylic acids is 1. The molecule has 0 radical (unpaired) electrons. The SMILES string of the molecule is Cn1c(SCC(=O)NCC2CC2)nnc1-c1ccc(Cl)cc1. The van der Waals surface area contributed by atoms with E-state index in [0.717, 1.165) is 23.1 Å². The van der Waals surface area contributed by atoms with Crippen molar-refractivity contribution in [3.8, 4) is 11.4 Å². The number of hydrogen-bond donors (Lipinski definition) is 1. The minimum Gasteiger partial charge on any atom is -0.355 e. The zero-order valence-electron chi connectivity index (χ0n) is 12.3. The molecule has 1 aromatic heterocycles. The maximum atomic E-state index is 11.8. The van der Waals surface area contributed by atoms with E-state index in [9.17, 15) is 4.79 Å². The van der Waals surface area contributed by atoms with Gasteiger partial charge in [-0.25, -0.2) is 0 Å². The third-order valence-corrected chi connectivity index (χ3v) is 4.83. The van der Waals surface area contributed by atoms with Crippen LogP contribution in [0, 0.1) is 5.92 Å². The number of nitrogens with one attached hydrogen (secondary N) is 1. The molecule has 22 heavy (non-hydrogen) atoms. The highest BCUT2D eigenvalue weighted by atomic mass is 35.5. The van der Waals surface area contributed by atoms with Crippen molar-refractivity contribution in [2.75, 3.05) is 12.3 Å². The summed E-state index contributed by atoms with van der Waals surface area (Å²) in [6, 6.07) is 7.46. The molecule has 1 heterocycles. The molecule has 0 aliphatic heterocycles. The standard InChI is InChI=1S/C15H17ClN4OS/c1-20-14(11-4-6-12(16)7-5-11)18-19-15(20)22-9-13(21)17-8-10-2-3-10/h4-7,10H,2-3,8-9H2,1H3,(H,17,21). The fourth-order valence-electron chi connectivity index (χ4n) is 2.05. The van der Waals surface area contributed by atoms with E-state index in [4.69, 9.17) is 11.6 Å². The molecule has 116 valence electrons. The molecule has 1 aliphatic rings. The summed E-state index contributed by atoms with van der Waals surface area (Å²) in [6.45, 7) is 0.800. The van der Waals surface area contributed by atoms with Gasteiger partial charge in [-0.3, -0.25) is 4.79 Å². The number of rotatable bonds is 6. The van der Waals surface area contributed by atoms with E-state index in [-0.39, 0.29) is 5.91 Å². The van der Waals surface area contributed by atoms with Crippen LogP contribution >= 0.6 is 23.4 Å². The fourth-order valence-corrected chi connectivity index (χ4v) is 2.92. The lowest BCUT2D eigenvalue weighted by atomic mass is 10.2. The van der Waals surface area contributed by atoms with Gasteiger partial charge in [0.25, 0.3) is 0 Å². The molecule has 1 aliphatic carbocycles. The molecule has 2 aromatic rings. The van der Waals surface area contributed by atoms with Gasteiger partial charge in [-0.2, -0.15) is 0 Å². The summed E-state index contributed by atoms with van der Waals surface area (Å²) >= 11 is 7.29. The number of thioether (sulfide) groups is 1. The Kier molecular flexibility index (Phi) is 4.69. The van der Waals surface area contributed by atoms with Crippen LogP contribution in [0.15, 0.2) is 29.4 Å². The highest BCUT2D eigenvalue weighted by molar-refractivity contribution is 7.99. The van der Waals surface area contributed by atoms with Crippen LogP contribution in [0.3, 0.4) is 0 Å². The van der Waals surface area contributed by atoms with Crippen LogP contribution in [-0.4, -0.2) is 33.0 Å². The minimum absolute atomic E-state index is 0.0490. The fraction of sp³-hybridized carbons (Fsp3) is 0.400. The first kappa shape index (κ1) is 15.4. The van der Waals surface area contributed by atoms with E-state index < -0.39 is 0 Å². The first-order chi connectivity index (χ1) is 10.6. The largest absolute Gasteiger partial charge is 0.355 e. The van der Waals surface area contributed by atoms with Crippen LogP contribution in [0.5, 0.6) is 0 Å². The van der Waals surface area contributed by atoms with Crippen molar-refractivity contribution in [3.05, 3.63) is 29.3 Å². The topological polar surface area (TPSA) is 59.8 Å². The van der Waals surface area contributed by atoms with Crippen LogP contribution in [-0.2, 0) is 11.8 Å². The second-order valence-electron chi connectivity index (χ2n) is 5.41. The molecule has 1 fully saturated rings. The lowest BCUT2D eigenvalue weighted by Gasteiger charge is -2.05. The molecular formula is C15H17ClN4OS. The normalized spacial score (nSPS) is 14.1. The van der Waals surface area contributed by atoms with Crippen LogP contribution in [0.2, 0.25) is 5.02 Å². The van der Waals surface area contributed by atoms with Gasteiger partial charge in [0.05, 0.1) is 5.75 Å². The first-order valence-corrected chi connectivity index (χ1v) is 8.54. The van der Waals surface area contributed by atoms with Gasteiger partial charge in [0.15, 0.2) is 11.0 Å². The van der Waals surface area contributed by atoms with Crippen LogP contribution in [0.4, 0.5) is 0 Å². The molecule has 0 spiro atoms. The number of halogens is 1. The Labute approximate surface area is 138 Å². The Morgan fingerprint density at radius 2 is 2.09 bits per heavy atom. The molecule has 3 rings (SSSR count). The summed E-state index contributed by atoms with van der Waals surface area (Å²) in [4.78, 5) is 11.8. The van der Waals surface area contributed by atoms with Crippen molar-refractivity contribution in [1.29, 1.82) is 0 Å². The van der Waals surface area contributed by atoms with E-state index >= 15 is 0 Å². The Balaban J connectivity index is 1.60. The van der Waals surface area contributed by atoms with Gasteiger partial charge in [0.2, 0.25) is 5.91 Å². The van der Waals surface area contributed by atoms with E-state index in [1.807, 2.05) is 35.9 Å². The average Bonchev–Trinajstić information content (AvgIpc) is 3.27. The number of aromatic nitrogens is 3. The van der Waals surface area contributed by atoms with Crippen molar-refractivity contribution in [1.82, 2.24) is 20.1 Å². The Hall–Kier alpha value is -1.53. The highest BCUT2D eigenvalue weighted by Gasteiger charge is 2.21. The third kappa shape index (κ3) is 3.81. The summed E-state index contributed by atoms with van der Waals surface area (Å²) in [5.74, 6) is 1.87. The Morgan fingerprint density at radius 3 is 2.77 bits per heavy atom. The average molecular weight is 337 g/mol. The minimum atomic E-state index is 0.0490. The summed E-state index contributed by atoms with van der Waals surface area (Å²) in [6.07, 6.45) is 2.47. The smallest absolute Gasteiger partial charge is 0.230 e. The number of benzene rings is 1. The molecule has 1 saturated carbocycles. The van der Waals surface area contributed by atoms with Gasteiger partial charge in [0.1, 0.15) is 0 Å². The van der Waals surface area contributed by atoms with Crippen LogP contribution < -0.4 is 5.32 Å². The molecule has 0 bridgehead atoms. The van der Waals surface area contributed by atoms with Crippen molar-refractivity contribution in [3.63, 3.8) is 0 Å². The molecule has 0 saturated heterocycles. The van der Waals surface area contributed by atoms with Gasteiger partial charge in [0, 0.05) is 24.2 Å². The van der Waals surface area contributed by atoms with Gasteiger partial charge in [-0.05, 0) is 43.0 Å². The number of carbonyl (C=O) groups is 1. The van der Waals surface area contributed by atoms with Gasteiger partial charge in [-0.15, -0.1) is 10.2 Å². The second kappa shape index (κ2) is 6.71. The maximum absolute atomic E-state index is 11.8. The Bertz CT molecular complexity index is 667. The first-order valence-electron chi connectivity index (χ1n) is 7.18. The molecule has 7 heteroatoms. The number of hydrogen-bond acceptors (Lipinski definition) is 4. The quantitative estimate of drug-likeness (QED) is 0.824. The van der Waals surface area contributed by atoms with E-state index in [0.29, 0.717) is 16.7 Å². The summed E-state index contributed by atoms with van der Waals surface area (Å²) in [5.41, 5.74) is 0.949. The Morgan fingerprint density at radius 1 is 1.36 bits per heavy atom. The predicted octanol–water partition coefficient (Wildman–Crippen LogP) is 2.75. The van der Waals surface area contributed by atoms with E-state index in [1.54, 1.807) is 0 Å². The van der Waals surface area contributed by atoms with Crippen LogP contribution in [0.1, 0.15) is 12.8 Å². The van der Waals surface area contributed by atoms with Crippen molar-refractivity contribution < 1.29 is 4.79 Å². The van der Waals surface area contributed by atoms with Gasteiger partial charge in [-0.1, -0.05) is 23.4 Å². The molecule has 0 atom stereocenters. The predicted molar refractivity (Wildman–Crippen MR) is 87.9 cm³/mol. The molecular weight excluding hydrogens is 320 g/mol. The van der Waals surface area contributed by atoms with Crippen LogP contribution in [0.25, 0.3) is 11.4 Å². The molecule has 0 unspecified atom stereocenters. The lowest BCUT2D eigenvalue weighted by Crippen LogP contribution is -2.27. The molecule has 1 aromatic carbocycles. The highest BCUT2D eigenvalue weighted by Crippen LogP contribution is 2.27. The summed E-state index contributed by atoms with van der Waals surface area (Å²) < 4.78 is 1.89. The summed E-state index contributed by atoms with van der Waals surface area (Å²) in [7, 11) is 1.90. The van der Waals surface area contributed by atoms with Crippen molar-refractivity contribution >= 4 is 29.3 Å². The van der Waals surface area contributed by atoms with Gasteiger partial charge < -0.3 is 9.88 Å². The van der Waals surface area contributed by atoms with Gasteiger partial charge >= 0.3 is 0 Å². The van der Waals surface area contributed by atoms with E-state index in [2.05, 4.69) is 15.5 Å². The van der Waals surface area contributed by atoms with E-state index in [1.165, 1.54) is 24.6 Å². The zero-order valence-corrected chi connectivity index (χ0v) is 13.8. The van der Waals surface area contributed by atoms with Crippen molar-refractivity contribution in [2.24, 2.45) is 13.0 Å². The zero-order chi connectivity index (χ0) is 15.5.